The van der Waals surface area contributed by atoms with Gasteiger partial charge in [0.25, 0.3) is 0 Å². The molecule has 1 aromatic rings. The quantitative estimate of drug-likeness (QED) is 0.0440. The monoisotopic (exact) mass is 734 g/mol. The molecule has 9 heteroatoms. The maximum atomic E-state index is 12.6. The third-order valence-electron chi connectivity index (χ3n) is 12.4. The lowest BCUT2D eigenvalue weighted by molar-refractivity contribution is -0.180. The van der Waals surface area contributed by atoms with Crippen LogP contribution in [0.1, 0.15) is 83.3 Å². The average Bonchev–Trinajstić information content (AvgIpc) is 3.48. The van der Waals surface area contributed by atoms with Gasteiger partial charge < -0.3 is 35.6 Å². The lowest BCUT2D eigenvalue weighted by Crippen LogP contribution is -2.61. The summed E-state index contributed by atoms with van der Waals surface area (Å²) in [6.45, 7) is 11.2. The highest BCUT2D eigenvalue weighted by Crippen LogP contribution is 2.64. The van der Waals surface area contributed by atoms with E-state index in [2.05, 4.69) is 54.5 Å². The number of hydrogen-bond donors (Lipinski definition) is 7. The molecule has 53 heavy (non-hydrogen) atoms. The van der Waals surface area contributed by atoms with E-state index in [9.17, 15) is 30.3 Å². The highest BCUT2D eigenvalue weighted by molar-refractivity contribution is 5.74. The Bertz CT molecular complexity index is 1500. The van der Waals surface area contributed by atoms with Crippen molar-refractivity contribution in [1.82, 2.24) is 10.6 Å². The summed E-state index contributed by atoms with van der Waals surface area (Å²) in [7, 11) is 1.86. The summed E-state index contributed by atoms with van der Waals surface area (Å²) in [5, 5.41) is 61.9. The van der Waals surface area contributed by atoms with E-state index in [-0.39, 0.29) is 50.2 Å². The first kappa shape index (κ1) is 43.0. The van der Waals surface area contributed by atoms with Crippen molar-refractivity contribution < 1.29 is 35.1 Å². The molecule has 2 bridgehead atoms. The van der Waals surface area contributed by atoms with Crippen molar-refractivity contribution >= 4 is 6.29 Å². The Labute approximate surface area is 317 Å². The topological polar surface area (TPSA) is 152 Å². The zero-order valence-electron chi connectivity index (χ0n) is 32.5. The van der Waals surface area contributed by atoms with Gasteiger partial charge in [0.2, 0.25) is 0 Å². The molecule has 2 fully saturated rings. The first-order valence-electron chi connectivity index (χ1n) is 19.7. The van der Waals surface area contributed by atoms with Crippen molar-refractivity contribution in [3.63, 3.8) is 0 Å². The maximum absolute atomic E-state index is 12.6. The van der Waals surface area contributed by atoms with E-state index in [0.717, 1.165) is 41.4 Å². The second kappa shape index (κ2) is 20.3. The normalized spacial score (nSPS) is 32.3. The number of aliphatic hydroxyl groups excluding tert-OH is 4. The number of aliphatic hydroxyl groups is 5. The number of benzene rings is 1. The molecule has 4 rings (SSSR count). The molecule has 1 heterocycles. The van der Waals surface area contributed by atoms with Gasteiger partial charge in [0.15, 0.2) is 0 Å². The number of allylic oxidation sites excluding steroid dienone is 7. The summed E-state index contributed by atoms with van der Waals surface area (Å²) in [4.78, 5) is 12.1. The summed E-state index contributed by atoms with van der Waals surface area (Å²) in [5.41, 5.74) is 4.67. The first-order chi connectivity index (χ1) is 25.4. The van der Waals surface area contributed by atoms with Crippen LogP contribution in [0.4, 0.5) is 0 Å². The predicted molar refractivity (Wildman–Crippen MR) is 211 cm³/mol. The Balaban J connectivity index is 1.69. The third-order valence-corrected chi connectivity index (χ3v) is 12.4. The van der Waals surface area contributed by atoms with E-state index in [4.69, 9.17) is 4.74 Å². The Morgan fingerprint density at radius 2 is 1.91 bits per heavy atom. The molecule has 9 nitrogen and oxygen atoms in total. The van der Waals surface area contributed by atoms with Crippen LogP contribution in [0, 0.1) is 23.2 Å². The summed E-state index contributed by atoms with van der Waals surface area (Å²) in [6, 6.07) is 8.75. The summed E-state index contributed by atoms with van der Waals surface area (Å²) < 4.78 is 5.89. The van der Waals surface area contributed by atoms with Gasteiger partial charge in [-0.05, 0) is 138 Å². The Kier molecular flexibility index (Phi) is 16.4. The summed E-state index contributed by atoms with van der Waals surface area (Å²) in [5.74, 6) is -0.504. The number of rotatable bonds is 15. The molecule has 0 saturated heterocycles. The standard InChI is InChI=1S/C44H66N2O7/c1-30(36-15-14-31(2)42(51)46-33(4)25-34-10-7-11-35(26-34)27-36)9-6-12-37(29-53-24-23-48)39-17-19-44(41(39)50)40(13-8-22-47)38(32(3)28-49)16-18-43(44,52)20-21-45-5/h6-7,9-12,14,26,28,33,36,39-42,45-48,50-52H,1,8,13,15-25,27,29H2,2-5H3/t33-,36+,39-,40?,41-,42-,43+,44-/m1/s1. The number of ether oxygens (including phenoxy) is 1. The molecule has 2 saturated carbocycles. The van der Waals surface area contributed by atoms with Crippen LogP contribution in [-0.4, -0.2) is 95.8 Å². The molecule has 2 aliphatic carbocycles. The zero-order chi connectivity index (χ0) is 38.6. The molecular weight excluding hydrogens is 668 g/mol. The van der Waals surface area contributed by atoms with Crippen LogP contribution in [0.25, 0.3) is 0 Å². The first-order valence-corrected chi connectivity index (χ1v) is 19.7. The summed E-state index contributed by atoms with van der Waals surface area (Å²) in [6.07, 6.45) is 13.3. The second-order valence-corrected chi connectivity index (χ2v) is 15.8. The molecule has 1 aromatic carbocycles. The highest BCUT2D eigenvalue weighted by atomic mass is 16.5. The zero-order valence-corrected chi connectivity index (χ0v) is 32.5. The van der Waals surface area contributed by atoms with Gasteiger partial charge in [-0.3, -0.25) is 10.1 Å². The molecular formula is C44H66N2O7. The van der Waals surface area contributed by atoms with Gasteiger partial charge in [-0.25, -0.2) is 0 Å². The fraction of sp³-hybridized carbons (Fsp3) is 0.614. The lowest BCUT2D eigenvalue weighted by atomic mass is 9.51. The predicted octanol–water partition coefficient (Wildman–Crippen LogP) is 4.88. The molecule has 294 valence electrons. The molecule has 7 N–H and O–H groups in total. The highest BCUT2D eigenvalue weighted by Gasteiger charge is 2.65. The van der Waals surface area contributed by atoms with Crippen LogP contribution >= 0.6 is 0 Å². The molecule has 3 aliphatic rings. The third kappa shape index (κ3) is 10.3. The van der Waals surface area contributed by atoms with Crippen molar-refractivity contribution in [3.8, 4) is 0 Å². The van der Waals surface area contributed by atoms with E-state index < -0.39 is 23.3 Å². The Morgan fingerprint density at radius 1 is 1.15 bits per heavy atom. The molecule has 8 atom stereocenters. The number of fused-ring (bicyclic) bond motifs is 2. The van der Waals surface area contributed by atoms with Gasteiger partial charge >= 0.3 is 0 Å². The number of aldehydes is 1. The minimum Gasteiger partial charge on any atom is -0.396 e. The van der Waals surface area contributed by atoms with Crippen molar-refractivity contribution in [1.29, 1.82) is 0 Å². The molecule has 0 amide bonds. The molecule has 0 aromatic heterocycles. The molecule has 1 unspecified atom stereocenters. The van der Waals surface area contributed by atoms with Gasteiger partial charge in [-0.15, -0.1) is 0 Å². The van der Waals surface area contributed by atoms with Gasteiger partial charge in [0.1, 0.15) is 12.5 Å². The molecule has 1 aliphatic heterocycles. The van der Waals surface area contributed by atoms with E-state index in [0.29, 0.717) is 63.5 Å². The minimum absolute atomic E-state index is 0.0121. The second-order valence-electron chi connectivity index (χ2n) is 15.8. The van der Waals surface area contributed by atoms with Crippen LogP contribution < -0.4 is 10.6 Å². The smallest absolute Gasteiger partial charge is 0.145 e. The van der Waals surface area contributed by atoms with Crippen molar-refractivity contribution in [2.24, 2.45) is 23.2 Å². The van der Waals surface area contributed by atoms with E-state index in [1.165, 1.54) is 11.1 Å². The van der Waals surface area contributed by atoms with Crippen LogP contribution in [0.15, 0.2) is 83.0 Å². The van der Waals surface area contributed by atoms with E-state index in [1.54, 1.807) is 0 Å². The minimum atomic E-state index is -1.18. The fourth-order valence-electron chi connectivity index (χ4n) is 9.44. The van der Waals surface area contributed by atoms with Crippen LogP contribution in [0.5, 0.6) is 0 Å². The fourth-order valence-corrected chi connectivity index (χ4v) is 9.44. The SMILES string of the molecule is C=C(C=CC=C(COCCO)[C@H]1CC[C@@]2(C(CCCO)C(=C(C)C=O)CC[C@]2(O)CCNC)[C@@H]1O)[C@H]1CC=C(C)[C@@H](O)N[C@H](C)Cc2cccc(c2)C1. The largest absolute Gasteiger partial charge is 0.396 e. The van der Waals surface area contributed by atoms with Crippen LogP contribution in [0.3, 0.4) is 0 Å². The van der Waals surface area contributed by atoms with Crippen molar-refractivity contribution in [2.75, 3.05) is 40.0 Å². The Hall–Kier alpha value is -2.73. The summed E-state index contributed by atoms with van der Waals surface area (Å²) >= 11 is 0. The van der Waals surface area contributed by atoms with Crippen LogP contribution in [0.2, 0.25) is 0 Å². The average molecular weight is 735 g/mol. The number of nitrogens with one attached hydrogen (secondary N) is 2. The van der Waals surface area contributed by atoms with Gasteiger partial charge in [-0.2, -0.15) is 0 Å². The van der Waals surface area contributed by atoms with Crippen molar-refractivity contribution in [3.05, 3.63) is 94.1 Å². The Morgan fingerprint density at radius 3 is 2.60 bits per heavy atom. The molecule has 1 spiro atoms. The molecule has 0 radical (unpaired) electrons. The van der Waals surface area contributed by atoms with Crippen LogP contribution in [-0.2, 0) is 22.4 Å². The lowest BCUT2D eigenvalue weighted by Gasteiger charge is -2.57. The number of hydrogen-bond acceptors (Lipinski definition) is 9. The van der Waals surface area contributed by atoms with E-state index in [1.807, 2.05) is 39.1 Å². The van der Waals surface area contributed by atoms with Gasteiger partial charge in [0, 0.05) is 24.0 Å². The van der Waals surface area contributed by atoms with Crippen molar-refractivity contribution in [2.45, 2.75) is 109 Å². The maximum Gasteiger partial charge on any atom is 0.145 e. The number of carbonyl (C=O) groups is 1. The van der Waals surface area contributed by atoms with E-state index >= 15 is 0 Å². The van der Waals surface area contributed by atoms with Gasteiger partial charge in [-0.1, -0.05) is 66.3 Å². The van der Waals surface area contributed by atoms with Gasteiger partial charge in [0.05, 0.1) is 31.5 Å². The number of carbonyl (C=O) groups excluding carboxylic acids is 1.